The second-order valence-electron chi connectivity index (χ2n) is 5.23. The number of ether oxygens (including phenoxy) is 1. The third kappa shape index (κ3) is 4.11. The van der Waals surface area contributed by atoms with E-state index in [0.717, 1.165) is 0 Å². The largest absolute Gasteiger partial charge is 0.504 e. The van der Waals surface area contributed by atoms with E-state index < -0.39 is 12.0 Å². The fourth-order valence-electron chi connectivity index (χ4n) is 2.13. The summed E-state index contributed by atoms with van der Waals surface area (Å²) in [7, 11) is 1.27. The molecule has 0 spiro atoms. The van der Waals surface area contributed by atoms with E-state index in [1.807, 2.05) is 13.8 Å². The highest BCUT2D eigenvalue weighted by Crippen LogP contribution is 2.31. The molecule has 0 saturated carbocycles. The second kappa shape index (κ2) is 6.97. The fraction of sp³-hybridized carbons (Fsp3) is 0.467. The summed E-state index contributed by atoms with van der Waals surface area (Å²) in [5.41, 5.74) is 0.328. The monoisotopic (exact) mass is 295 g/mol. The summed E-state index contributed by atoms with van der Waals surface area (Å²) in [6.07, 6.45) is 0.424. The maximum absolute atomic E-state index is 12.0. The number of benzene rings is 1. The number of aromatic hydroxyl groups is 2. The Labute approximate surface area is 124 Å². The topological polar surface area (TPSA) is 87.1 Å². The lowest BCUT2D eigenvalue weighted by Crippen LogP contribution is -2.45. The van der Waals surface area contributed by atoms with Gasteiger partial charge in [0.1, 0.15) is 6.04 Å². The minimum atomic E-state index is -0.781. The Hall–Kier alpha value is -2.24. The minimum Gasteiger partial charge on any atom is -0.504 e. The highest BCUT2D eigenvalue weighted by Gasteiger charge is 2.31. The minimum absolute atomic E-state index is 0.168. The van der Waals surface area contributed by atoms with Crippen molar-refractivity contribution in [1.29, 1.82) is 0 Å². The molecular formula is C15H21NO5. The first-order valence-electron chi connectivity index (χ1n) is 6.67. The van der Waals surface area contributed by atoms with Gasteiger partial charge in [-0.25, -0.2) is 4.79 Å². The van der Waals surface area contributed by atoms with Crippen molar-refractivity contribution in [2.45, 2.75) is 33.2 Å². The summed E-state index contributed by atoms with van der Waals surface area (Å²) < 4.78 is 4.78. The number of anilines is 1. The molecule has 0 radical (unpaired) electrons. The molecule has 6 nitrogen and oxygen atoms in total. The number of amides is 1. The van der Waals surface area contributed by atoms with E-state index in [1.54, 1.807) is 0 Å². The number of phenols is 2. The predicted molar refractivity (Wildman–Crippen MR) is 78.2 cm³/mol. The van der Waals surface area contributed by atoms with E-state index >= 15 is 0 Å². The maximum atomic E-state index is 12.0. The average molecular weight is 295 g/mol. The van der Waals surface area contributed by atoms with Crippen LogP contribution in [0.15, 0.2) is 18.2 Å². The van der Waals surface area contributed by atoms with E-state index in [9.17, 15) is 19.8 Å². The smallest absolute Gasteiger partial charge is 0.328 e. The molecule has 6 heteroatoms. The van der Waals surface area contributed by atoms with Crippen molar-refractivity contribution in [2.75, 3.05) is 12.0 Å². The van der Waals surface area contributed by atoms with E-state index in [-0.39, 0.29) is 23.3 Å². The molecule has 1 aromatic carbocycles. The first-order chi connectivity index (χ1) is 9.77. The van der Waals surface area contributed by atoms with Gasteiger partial charge in [0, 0.05) is 18.7 Å². The highest BCUT2D eigenvalue weighted by atomic mass is 16.5. The molecule has 116 valence electrons. The molecule has 0 bridgehead atoms. The Morgan fingerprint density at radius 2 is 1.86 bits per heavy atom. The Morgan fingerprint density at radius 3 is 2.29 bits per heavy atom. The third-order valence-electron chi connectivity index (χ3n) is 3.06. The van der Waals surface area contributed by atoms with Crippen LogP contribution in [-0.4, -0.2) is 35.2 Å². The van der Waals surface area contributed by atoms with Crippen LogP contribution in [0.2, 0.25) is 0 Å². The summed E-state index contributed by atoms with van der Waals surface area (Å²) in [6.45, 7) is 5.20. The van der Waals surface area contributed by atoms with E-state index in [1.165, 1.54) is 37.1 Å². The quantitative estimate of drug-likeness (QED) is 0.641. The van der Waals surface area contributed by atoms with Gasteiger partial charge in [-0.15, -0.1) is 0 Å². The second-order valence-corrected chi connectivity index (χ2v) is 5.23. The Kier molecular flexibility index (Phi) is 5.58. The Bertz CT molecular complexity index is 527. The van der Waals surface area contributed by atoms with Gasteiger partial charge in [-0.2, -0.15) is 0 Å². The van der Waals surface area contributed by atoms with Gasteiger partial charge in [-0.3, -0.25) is 9.69 Å². The lowest BCUT2D eigenvalue weighted by molar-refractivity contribution is -0.143. The SMILES string of the molecule is COC(=O)[C@H](CC(C)C)N(C(C)=O)c1ccc(O)c(O)c1. The Morgan fingerprint density at radius 1 is 1.24 bits per heavy atom. The molecule has 1 atom stereocenters. The Balaban J connectivity index is 3.26. The van der Waals surface area contributed by atoms with Crippen LogP contribution in [-0.2, 0) is 14.3 Å². The number of carbonyl (C=O) groups excluding carboxylic acids is 2. The maximum Gasteiger partial charge on any atom is 0.328 e. The fourth-order valence-corrected chi connectivity index (χ4v) is 2.13. The molecule has 1 aromatic rings. The van der Waals surface area contributed by atoms with Crippen molar-refractivity contribution in [3.8, 4) is 11.5 Å². The van der Waals surface area contributed by atoms with Gasteiger partial charge in [0.05, 0.1) is 7.11 Å². The van der Waals surface area contributed by atoms with Gasteiger partial charge in [0.15, 0.2) is 11.5 Å². The molecule has 1 amide bonds. The number of nitrogens with zero attached hydrogens (tertiary/aromatic N) is 1. The first kappa shape index (κ1) is 16.8. The van der Waals surface area contributed by atoms with E-state index in [0.29, 0.717) is 12.1 Å². The van der Waals surface area contributed by atoms with Gasteiger partial charge in [-0.1, -0.05) is 13.8 Å². The van der Waals surface area contributed by atoms with Crippen molar-refractivity contribution in [1.82, 2.24) is 0 Å². The lowest BCUT2D eigenvalue weighted by atomic mass is 10.0. The average Bonchev–Trinajstić information content (AvgIpc) is 2.40. The van der Waals surface area contributed by atoms with Gasteiger partial charge < -0.3 is 14.9 Å². The zero-order chi connectivity index (χ0) is 16.2. The number of hydrogen-bond acceptors (Lipinski definition) is 5. The van der Waals surface area contributed by atoms with Gasteiger partial charge >= 0.3 is 5.97 Å². The summed E-state index contributed by atoms with van der Waals surface area (Å²) in [5, 5.41) is 18.9. The number of esters is 1. The van der Waals surface area contributed by atoms with Crippen LogP contribution in [0.3, 0.4) is 0 Å². The number of carbonyl (C=O) groups is 2. The van der Waals surface area contributed by atoms with Crippen LogP contribution in [0.25, 0.3) is 0 Å². The predicted octanol–water partition coefficient (Wildman–Crippen LogP) is 2.04. The van der Waals surface area contributed by atoms with E-state index in [4.69, 9.17) is 4.74 Å². The van der Waals surface area contributed by atoms with Crippen LogP contribution in [0.1, 0.15) is 27.2 Å². The number of rotatable bonds is 5. The molecule has 0 heterocycles. The summed E-state index contributed by atoms with van der Waals surface area (Å²) in [4.78, 5) is 25.2. The van der Waals surface area contributed by atoms with Crippen molar-refractivity contribution in [2.24, 2.45) is 5.92 Å². The molecule has 1 rings (SSSR count). The lowest BCUT2D eigenvalue weighted by Gasteiger charge is -2.30. The highest BCUT2D eigenvalue weighted by molar-refractivity contribution is 5.98. The number of phenolic OH excluding ortho intramolecular Hbond substituents is 2. The molecule has 0 unspecified atom stereocenters. The van der Waals surface area contributed by atoms with Crippen molar-refractivity contribution in [3.05, 3.63) is 18.2 Å². The molecule has 0 aliphatic carbocycles. The van der Waals surface area contributed by atoms with Crippen molar-refractivity contribution in [3.63, 3.8) is 0 Å². The third-order valence-corrected chi connectivity index (χ3v) is 3.06. The first-order valence-corrected chi connectivity index (χ1v) is 6.67. The summed E-state index contributed by atoms with van der Waals surface area (Å²) >= 11 is 0. The molecule has 0 aliphatic heterocycles. The van der Waals surface area contributed by atoms with Crippen LogP contribution >= 0.6 is 0 Å². The molecule has 21 heavy (non-hydrogen) atoms. The normalized spacial score (nSPS) is 12.0. The molecule has 0 aliphatic rings. The number of hydrogen-bond donors (Lipinski definition) is 2. The number of methoxy groups -OCH3 is 1. The standard InChI is InChI=1S/C15H21NO5/c1-9(2)7-12(15(20)21-4)16(10(3)17)11-5-6-13(18)14(19)8-11/h5-6,8-9,12,18-19H,7H2,1-4H3/t12-/m0/s1. The van der Waals surface area contributed by atoms with Crippen LogP contribution in [0, 0.1) is 5.92 Å². The van der Waals surface area contributed by atoms with E-state index in [2.05, 4.69) is 0 Å². The summed E-state index contributed by atoms with van der Waals surface area (Å²) in [5.74, 6) is -1.35. The zero-order valence-corrected chi connectivity index (χ0v) is 12.7. The van der Waals surface area contributed by atoms with Crippen molar-refractivity contribution < 1.29 is 24.5 Å². The molecular weight excluding hydrogens is 274 g/mol. The molecule has 0 aromatic heterocycles. The molecule has 2 N–H and O–H groups in total. The van der Waals surface area contributed by atoms with Crippen LogP contribution < -0.4 is 4.90 Å². The van der Waals surface area contributed by atoms with Gasteiger partial charge in [-0.05, 0) is 24.5 Å². The van der Waals surface area contributed by atoms with Crippen molar-refractivity contribution >= 4 is 17.6 Å². The molecule has 0 fully saturated rings. The zero-order valence-electron chi connectivity index (χ0n) is 12.7. The summed E-state index contributed by atoms with van der Waals surface area (Å²) in [6, 6.07) is 3.20. The molecule has 0 saturated heterocycles. The van der Waals surface area contributed by atoms with Crippen LogP contribution in [0.4, 0.5) is 5.69 Å². The van der Waals surface area contributed by atoms with Gasteiger partial charge in [0.2, 0.25) is 5.91 Å². The van der Waals surface area contributed by atoms with Gasteiger partial charge in [0.25, 0.3) is 0 Å². The van der Waals surface area contributed by atoms with Crippen LogP contribution in [0.5, 0.6) is 11.5 Å².